The van der Waals surface area contributed by atoms with E-state index in [2.05, 4.69) is 4.98 Å². The molecule has 0 aliphatic heterocycles. The fraction of sp³-hybridized carbons (Fsp3) is 0.182. The number of nitrogen functional groups attached to an aromatic ring is 1. The average molecular weight is 303 g/mol. The molecule has 0 amide bonds. The zero-order chi connectivity index (χ0) is 13.3. The fourth-order valence-corrected chi connectivity index (χ4v) is 3.91. The Labute approximate surface area is 114 Å². The third kappa shape index (κ3) is 2.82. The summed E-state index contributed by atoms with van der Waals surface area (Å²) in [6, 6.07) is 4.41. The smallest absolute Gasteiger partial charge is 0.186 e. The van der Waals surface area contributed by atoms with Crippen molar-refractivity contribution < 1.29 is 8.42 Å². The van der Waals surface area contributed by atoms with Crippen LogP contribution in [0.3, 0.4) is 0 Å². The number of sulfone groups is 1. The van der Waals surface area contributed by atoms with Gasteiger partial charge in [-0.3, -0.25) is 0 Å². The first-order valence-corrected chi connectivity index (χ1v) is 7.98. The zero-order valence-corrected chi connectivity index (χ0v) is 11.9. The van der Waals surface area contributed by atoms with Crippen LogP contribution in [0.2, 0.25) is 5.02 Å². The third-order valence-corrected chi connectivity index (χ3v) is 5.07. The highest BCUT2D eigenvalue weighted by molar-refractivity contribution is 7.90. The van der Waals surface area contributed by atoms with E-state index in [1.807, 2.05) is 6.92 Å². The number of anilines is 1. The molecule has 0 atom stereocenters. The minimum atomic E-state index is -3.52. The second-order valence-electron chi connectivity index (χ2n) is 3.80. The van der Waals surface area contributed by atoms with E-state index < -0.39 is 9.84 Å². The summed E-state index contributed by atoms with van der Waals surface area (Å²) in [7, 11) is -3.52. The molecule has 0 aliphatic rings. The number of rotatable bonds is 3. The Hall–Kier alpha value is -1.11. The first-order chi connectivity index (χ1) is 8.38. The Kier molecular flexibility index (Phi) is 3.61. The largest absolute Gasteiger partial charge is 0.398 e. The number of hydrogen-bond acceptors (Lipinski definition) is 5. The Morgan fingerprint density at radius 2 is 2.17 bits per heavy atom. The van der Waals surface area contributed by atoms with Gasteiger partial charge in [-0.2, -0.15) is 0 Å². The van der Waals surface area contributed by atoms with Gasteiger partial charge in [-0.15, -0.1) is 11.3 Å². The maximum absolute atomic E-state index is 12.2. The van der Waals surface area contributed by atoms with Crippen molar-refractivity contribution in [3.8, 4) is 0 Å². The Bertz CT molecular complexity index is 680. The summed E-state index contributed by atoms with van der Waals surface area (Å²) in [6.07, 6.45) is 0. The monoisotopic (exact) mass is 302 g/mol. The van der Waals surface area contributed by atoms with Gasteiger partial charge < -0.3 is 5.73 Å². The van der Waals surface area contributed by atoms with Crippen molar-refractivity contribution in [1.82, 2.24) is 4.98 Å². The van der Waals surface area contributed by atoms with Crippen molar-refractivity contribution in [3.63, 3.8) is 0 Å². The van der Waals surface area contributed by atoms with Crippen LogP contribution < -0.4 is 5.73 Å². The topological polar surface area (TPSA) is 73.0 Å². The Balaban J connectivity index is 2.39. The van der Waals surface area contributed by atoms with Crippen LogP contribution in [0.4, 0.5) is 5.69 Å². The lowest BCUT2D eigenvalue weighted by atomic mass is 10.3. The molecule has 1 aromatic carbocycles. The van der Waals surface area contributed by atoms with Crippen LogP contribution in [0.25, 0.3) is 0 Å². The van der Waals surface area contributed by atoms with E-state index in [-0.39, 0.29) is 16.3 Å². The van der Waals surface area contributed by atoms with Crippen molar-refractivity contribution in [1.29, 1.82) is 0 Å². The first kappa shape index (κ1) is 13.3. The van der Waals surface area contributed by atoms with E-state index >= 15 is 0 Å². The van der Waals surface area contributed by atoms with Gasteiger partial charge in [0.15, 0.2) is 9.84 Å². The second-order valence-corrected chi connectivity index (χ2v) is 7.26. The van der Waals surface area contributed by atoms with E-state index in [1.54, 1.807) is 11.4 Å². The summed E-state index contributed by atoms with van der Waals surface area (Å²) in [5.74, 6) is -0.165. The molecule has 18 heavy (non-hydrogen) atoms. The highest BCUT2D eigenvalue weighted by Gasteiger charge is 2.20. The molecule has 2 aromatic rings. The van der Waals surface area contributed by atoms with E-state index in [1.165, 1.54) is 23.5 Å². The summed E-state index contributed by atoms with van der Waals surface area (Å²) < 4.78 is 24.4. The molecule has 0 aliphatic carbocycles. The van der Waals surface area contributed by atoms with Crippen LogP contribution >= 0.6 is 22.9 Å². The number of thiazole rings is 1. The summed E-state index contributed by atoms with van der Waals surface area (Å²) in [6.45, 7) is 1.83. The van der Waals surface area contributed by atoms with Gasteiger partial charge in [-0.25, -0.2) is 13.4 Å². The minimum absolute atomic E-state index is 0.0562. The molecule has 0 saturated carbocycles. The molecule has 0 bridgehead atoms. The second kappa shape index (κ2) is 4.87. The van der Waals surface area contributed by atoms with Crippen molar-refractivity contribution in [2.75, 3.05) is 5.73 Å². The summed E-state index contributed by atoms with van der Waals surface area (Å²) in [4.78, 5) is 4.20. The van der Waals surface area contributed by atoms with Gasteiger partial charge >= 0.3 is 0 Å². The molecular formula is C11H11ClN2O2S2. The minimum Gasteiger partial charge on any atom is -0.398 e. The summed E-state index contributed by atoms with van der Waals surface area (Å²) in [5.41, 5.74) is 6.40. The van der Waals surface area contributed by atoms with Gasteiger partial charge in [-0.1, -0.05) is 11.6 Å². The van der Waals surface area contributed by atoms with Crippen LogP contribution in [0.5, 0.6) is 0 Å². The number of aryl methyl sites for hydroxylation is 1. The molecule has 2 N–H and O–H groups in total. The SMILES string of the molecule is Cc1nc(CS(=O)(=O)c2cc(Cl)ccc2N)cs1. The quantitative estimate of drug-likeness (QED) is 0.885. The van der Waals surface area contributed by atoms with Crippen LogP contribution in [-0.2, 0) is 15.6 Å². The predicted octanol–water partition coefficient (Wildman–Crippen LogP) is 2.66. The van der Waals surface area contributed by atoms with Gasteiger partial charge in [-0.05, 0) is 25.1 Å². The highest BCUT2D eigenvalue weighted by atomic mass is 35.5. The van der Waals surface area contributed by atoms with Crippen molar-refractivity contribution >= 4 is 38.5 Å². The molecule has 4 nitrogen and oxygen atoms in total. The van der Waals surface area contributed by atoms with Gasteiger partial charge in [0.2, 0.25) is 0 Å². The lowest BCUT2D eigenvalue weighted by molar-refractivity contribution is 0.595. The van der Waals surface area contributed by atoms with Gasteiger partial charge in [0, 0.05) is 10.4 Å². The van der Waals surface area contributed by atoms with Gasteiger partial charge in [0.25, 0.3) is 0 Å². The first-order valence-electron chi connectivity index (χ1n) is 5.07. The van der Waals surface area contributed by atoms with Crippen LogP contribution in [0.15, 0.2) is 28.5 Å². The normalized spacial score (nSPS) is 11.7. The molecule has 1 heterocycles. The molecule has 2 rings (SSSR count). The predicted molar refractivity (Wildman–Crippen MR) is 73.6 cm³/mol. The molecule has 1 aromatic heterocycles. The Morgan fingerprint density at radius 3 is 2.78 bits per heavy atom. The molecule has 0 spiro atoms. The number of aromatic nitrogens is 1. The highest BCUT2D eigenvalue weighted by Crippen LogP contribution is 2.26. The lowest BCUT2D eigenvalue weighted by Crippen LogP contribution is -2.08. The van der Waals surface area contributed by atoms with Crippen molar-refractivity contribution in [2.24, 2.45) is 0 Å². The fourth-order valence-electron chi connectivity index (χ4n) is 1.52. The molecule has 96 valence electrons. The maximum Gasteiger partial charge on any atom is 0.186 e. The average Bonchev–Trinajstić information content (AvgIpc) is 2.66. The molecule has 7 heteroatoms. The zero-order valence-electron chi connectivity index (χ0n) is 9.55. The van der Waals surface area contributed by atoms with Crippen LogP contribution in [0.1, 0.15) is 10.7 Å². The number of hydrogen-bond donors (Lipinski definition) is 1. The Morgan fingerprint density at radius 1 is 1.44 bits per heavy atom. The molecular weight excluding hydrogens is 292 g/mol. The number of benzene rings is 1. The number of nitrogens with zero attached hydrogens (tertiary/aromatic N) is 1. The summed E-state index contributed by atoms with van der Waals surface area (Å²) >= 11 is 7.21. The van der Waals surface area contributed by atoms with E-state index in [0.29, 0.717) is 10.7 Å². The molecule has 0 fully saturated rings. The number of nitrogens with two attached hydrogens (primary N) is 1. The molecule has 0 radical (unpaired) electrons. The standard InChI is InChI=1S/C11H11ClN2O2S2/c1-7-14-9(5-17-7)6-18(15,16)11-4-8(12)2-3-10(11)13/h2-5H,6,13H2,1H3. The summed E-state index contributed by atoms with van der Waals surface area (Å²) in [5, 5.41) is 2.91. The van der Waals surface area contributed by atoms with Crippen LogP contribution in [-0.4, -0.2) is 13.4 Å². The lowest BCUT2D eigenvalue weighted by Gasteiger charge is -2.06. The van der Waals surface area contributed by atoms with Gasteiger partial charge in [0.05, 0.1) is 27.0 Å². The molecule has 0 saturated heterocycles. The number of halogens is 1. The third-order valence-electron chi connectivity index (χ3n) is 2.32. The van der Waals surface area contributed by atoms with E-state index in [4.69, 9.17) is 17.3 Å². The van der Waals surface area contributed by atoms with Gasteiger partial charge in [0.1, 0.15) is 0 Å². The maximum atomic E-state index is 12.2. The van der Waals surface area contributed by atoms with Crippen LogP contribution in [0, 0.1) is 6.92 Å². The molecule has 0 unspecified atom stereocenters. The van der Waals surface area contributed by atoms with Crippen molar-refractivity contribution in [2.45, 2.75) is 17.6 Å². The van der Waals surface area contributed by atoms with E-state index in [0.717, 1.165) is 5.01 Å². The van der Waals surface area contributed by atoms with Crippen molar-refractivity contribution in [3.05, 3.63) is 39.3 Å². The van der Waals surface area contributed by atoms with E-state index in [9.17, 15) is 8.42 Å².